The number of nitrogens with one attached hydrogen (secondary N) is 1. The van der Waals surface area contributed by atoms with Crippen LogP contribution >= 0.6 is 11.3 Å². The Hall–Kier alpha value is -1.13. The number of carbonyl (C=O) groups is 1. The Labute approximate surface area is 224 Å². The number of hydrogen-bond donors (Lipinski definition) is 4. The average molecular weight is 536 g/mol. The molecule has 0 saturated heterocycles. The van der Waals surface area contributed by atoms with E-state index in [4.69, 9.17) is 4.74 Å². The standard InChI is InChI=1S/C28H45N3O5S/c1-15(5-8-23(35)29-26-31-30-24(37-26)14-36-4)18-6-7-19-25-20(13-22(34)28(18,19)3)27(2)10-9-17(32)11-16(27)12-21(25)33/h15-22,25,32-34H,5-14H2,1-4H3,(H,29,31,35)/t15-,16-,17-,18+,19-,20-,21-,22+,25+,27+,28-/m1/s1. The molecule has 0 aromatic carbocycles. The van der Waals surface area contributed by atoms with Gasteiger partial charge in [0, 0.05) is 13.5 Å². The number of hydrogen-bond acceptors (Lipinski definition) is 8. The van der Waals surface area contributed by atoms with Crippen molar-refractivity contribution in [1.29, 1.82) is 0 Å². The summed E-state index contributed by atoms with van der Waals surface area (Å²) in [5.41, 5.74) is -0.162. The van der Waals surface area contributed by atoms with Crippen LogP contribution in [0.3, 0.4) is 0 Å². The Morgan fingerprint density at radius 1 is 1.14 bits per heavy atom. The lowest BCUT2D eigenvalue weighted by Gasteiger charge is -2.63. The van der Waals surface area contributed by atoms with Gasteiger partial charge in [0.1, 0.15) is 11.6 Å². The minimum atomic E-state index is -0.405. The van der Waals surface area contributed by atoms with Crippen LogP contribution in [0.15, 0.2) is 0 Å². The highest BCUT2D eigenvalue weighted by molar-refractivity contribution is 7.15. The first-order valence-corrected chi connectivity index (χ1v) is 15.0. The highest BCUT2D eigenvalue weighted by atomic mass is 32.1. The lowest BCUT2D eigenvalue weighted by Crippen LogP contribution is -2.62. The number of carbonyl (C=O) groups excluding carboxylic acids is 1. The van der Waals surface area contributed by atoms with Crippen molar-refractivity contribution in [1.82, 2.24) is 10.2 Å². The zero-order valence-corrected chi connectivity index (χ0v) is 23.5. The quantitative estimate of drug-likeness (QED) is 0.416. The monoisotopic (exact) mass is 535 g/mol. The summed E-state index contributed by atoms with van der Waals surface area (Å²) in [7, 11) is 1.60. The van der Waals surface area contributed by atoms with Crippen LogP contribution in [0, 0.1) is 46.3 Å². The van der Waals surface area contributed by atoms with Gasteiger partial charge in [-0.2, -0.15) is 0 Å². The molecule has 9 heteroatoms. The van der Waals surface area contributed by atoms with Gasteiger partial charge >= 0.3 is 0 Å². The van der Waals surface area contributed by atoms with Crippen molar-refractivity contribution < 1.29 is 24.9 Å². The molecule has 1 heterocycles. The van der Waals surface area contributed by atoms with E-state index in [2.05, 4.69) is 36.3 Å². The van der Waals surface area contributed by atoms with Crippen molar-refractivity contribution in [3.63, 3.8) is 0 Å². The Morgan fingerprint density at radius 2 is 1.92 bits per heavy atom. The minimum absolute atomic E-state index is 0.0583. The van der Waals surface area contributed by atoms with E-state index < -0.39 is 6.10 Å². The van der Waals surface area contributed by atoms with Gasteiger partial charge in [0.2, 0.25) is 11.0 Å². The van der Waals surface area contributed by atoms with Crippen molar-refractivity contribution >= 4 is 22.4 Å². The molecule has 8 nitrogen and oxygen atoms in total. The van der Waals surface area contributed by atoms with E-state index in [9.17, 15) is 20.1 Å². The van der Waals surface area contributed by atoms with Crippen LogP contribution < -0.4 is 5.32 Å². The first-order valence-electron chi connectivity index (χ1n) is 14.2. The highest BCUT2D eigenvalue weighted by Crippen LogP contribution is 2.68. The van der Waals surface area contributed by atoms with Crippen molar-refractivity contribution in [2.24, 2.45) is 46.3 Å². The zero-order chi connectivity index (χ0) is 26.5. The molecule has 1 amide bonds. The SMILES string of the molecule is COCc1nnc(NC(=O)CC[C@@H](C)[C@@H]2CC[C@@H]3[C@@H]4[C@H](O)C[C@H]5C[C@H](O)CC[C@]5(C)[C@@H]4C[C@H](O)[C@@]32C)s1. The number of fused-ring (bicyclic) bond motifs is 5. The van der Waals surface area contributed by atoms with Gasteiger partial charge in [-0.1, -0.05) is 32.1 Å². The summed E-state index contributed by atoms with van der Waals surface area (Å²) in [5, 5.41) is 45.6. The van der Waals surface area contributed by atoms with Crippen LogP contribution in [0.2, 0.25) is 0 Å². The molecule has 1 aromatic rings. The van der Waals surface area contributed by atoms with Gasteiger partial charge in [-0.05, 0) is 97.7 Å². The number of anilines is 1. The largest absolute Gasteiger partial charge is 0.393 e. The third-order valence-corrected chi connectivity index (χ3v) is 12.1. The molecule has 4 saturated carbocycles. The summed E-state index contributed by atoms with van der Waals surface area (Å²) in [6.45, 7) is 7.24. The minimum Gasteiger partial charge on any atom is -0.393 e. The number of aliphatic hydroxyl groups excluding tert-OH is 3. The van der Waals surface area contributed by atoms with Crippen LogP contribution in [0.1, 0.15) is 83.6 Å². The topological polar surface area (TPSA) is 125 Å². The maximum Gasteiger partial charge on any atom is 0.226 e. The highest BCUT2D eigenvalue weighted by Gasteiger charge is 2.65. The molecule has 11 atom stereocenters. The predicted octanol–water partition coefficient (Wildman–Crippen LogP) is 4.00. The molecule has 4 aliphatic carbocycles. The van der Waals surface area contributed by atoms with Crippen LogP contribution in [0.4, 0.5) is 5.13 Å². The number of amides is 1. The Balaban J connectivity index is 1.25. The molecule has 4 fully saturated rings. The lowest BCUT2D eigenvalue weighted by atomic mass is 9.43. The molecule has 0 unspecified atom stereocenters. The van der Waals surface area contributed by atoms with Gasteiger partial charge in [-0.15, -0.1) is 10.2 Å². The van der Waals surface area contributed by atoms with Crippen molar-refractivity contribution in [3.05, 3.63) is 5.01 Å². The zero-order valence-electron chi connectivity index (χ0n) is 22.7. The maximum absolute atomic E-state index is 12.6. The van der Waals surface area contributed by atoms with Crippen LogP contribution in [0.5, 0.6) is 0 Å². The fourth-order valence-electron chi connectivity index (χ4n) is 9.36. The molecule has 0 radical (unpaired) electrons. The third kappa shape index (κ3) is 4.77. The van der Waals surface area contributed by atoms with Crippen molar-refractivity contribution in [2.75, 3.05) is 12.4 Å². The van der Waals surface area contributed by atoms with E-state index in [1.54, 1.807) is 7.11 Å². The van der Waals surface area contributed by atoms with E-state index in [0.29, 0.717) is 47.7 Å². The molecule has 0 aliphatic heterocycles. The molecular formula is C28H45N3O5S. The molecule has 37 heavy (non-hydrogen) atoms. The maximum atomic E-state index is 12.6. The lowest BCUT2D eigenvalue weighted by molar-refractivity contribution is -0.207. The van der Waals surface area contributed by atoms with Gasteiger partial charge in [-0.3, -0.25) is 4.79 Å². The second kappa shape index (κ2) is 10.5. The molecule has 0 bridgehead atoms. The fraction of sp³-hybridized carbons (Fsp3) is 0.893. The number of methoxy groups -OCH3 is 1. The van der Waals surface area contributed by atoms with Gasteiger partial charge in [0.15, 0.2) is 0 Å². The van der Waals surface area contributed by atoms with Gasteiger partial charge in [0.25, 0.3) is 0 Å². The average Bonchev–Trinajstić information content (AvgIpc) is 3.44. The first kappa shape index (κ1) is 27.4. The molecule has 0 spiro atoms. The van der Waals surface area contributed by atoms with E-state index >= 15 is 0 Å². The van der Waals surface area contributed by atoms with E-state index in [1.807, 2.05) is 0 Å². The number of rotatable bonds is 7. The van der Waals surface area contributed by atoms with Gasteiger partial charge in [0.05, 0.1) is 18.3 Å². The predicted molar refractivity (Wildman–Crippen MR) is 142 cm³/mol. The number of nitrogens with zero attached hydrogens (tertiary/aromatic N) is 2. The normalized spacial score (nSPS) is 44.0. The molecule has 208 valence electrons. The second-order valence-corrected chi connectivity index (χ2v) is 14.1. The number of ether oxygens (including phenoxy) is 1. The first-order chi connectivity index (χ1) is 17.6. The van der Waals surface area contributed by atoms with Crippen LogP contribution in [-0.2, 0) is 16.1 Å². The molecular weight excluding hydrogens is 490 g/mol. The third-order valence-electron chi connectivity index (χ3n) is 11.3. The fourth-order valence-corrected chi connectivity index (χ4v) is 10.1. The molecule has 5 rings (SSSR count). The molecule has 4 aliphatic rings. The van der Waals surface area contributed by atoms with Crippen molar-refractivity contribution in [3.8, 4) is 0 Å². The molecule has 1 aromatic heterocycles. The van der Waals surface area contributed by atoms with Crippen LogP contribution in [0.25, 0.3) is 0 Å². The summed E-state index contributed by atoms with van der Waals surface area (Å²) >= 11 is 1.33. The number of aliphatic hydroxyl groups is 3. The summed E-state index contributed by atoms with van der Waals surface area (Å²) in [6.07, 6.45) is 6.31. The number of aromatic nitrogens is 2. The summed E-state index contributed by atoms with van der Waals surface area (Å²) < 4.78 is 5.07. The Kier molecular flexibility index (Phi) is 7.75. The molecule has 4 N–H and O–H groups in total. The summed E-state index contributed by atoms with van der Waals surface area (Å²) in [4.78, 5) is 12.6. The van der Waals surface area contributed by atoms with E-state index in [-0.39, 0.29) is 34.9 Å². The van der Waals surface area contributed by atoms with E-state index in [1.165, 1.54) is 11.3 Å². The van der Waals surface area contributed by atoms with Gasteiger partial charge in [-0.25, -0.2) is 0 Å². The smallest absolute Gasteiger partial charge is 0.226 e. The van der Waals surface area contributed by atoms with E-state index in [0.717, 1.165) is 56.4 Å². The Morgan fingerprint density at radius 3 is 2.68 bits per heavy atom. The Bertz CT molecular complexity index is 975. The van der Waals surface area contributed by atoms with Crippen LogP contribution in [-0.4, -0.2) is 56.8 Å². The summed E-state index contributed by atoms with van der Waals surface area (Å²) in [6, 6.07) is 0. The van der Waals surface area contributed by atoms with Gasteiger partial charge < -0.3 is 25.4 Å². The second-order valence-electron chi connectivity index (χ2n) is 13.0. The van der Waals surface area contributed by atoms with Crippen molar-refractivity contribution in [2.45, 2.75) is 103 Å². The summed E-state index contributed by atoms with van der Waals surface area (Å²) in [5.74, 6) is 1.69.